The van der Waals surface area contributed by atoms with Crippen LogP contribution >= 0.6 is 0 Å². The smallest absolute Gasteiger partial charge is 0.410 e. The normalized spacial score (nSPS) is 19.9. The number of benzene rings is 1. The van der Waals surface area contributed by atoms with Gasteiger partial charge in [0.2, 0.25) is 0 Å². The molecule has 2 atom stereocenters. The fourth-order valence-electron chi connectivity index (χ4n) is 2.52. The predicted octanol–water partition coefficient (Wildman–Crippen LogP) is 1.59. The lowest BCUT2D eigenvalue weighted by Crippen LogP contribution is -2.55. The van der Waals surface area contributed by atoms with E-state index in [1.54, 1.807) is 0 Å². The number of carboxylic acids is 1. The molecule has 0 unspecified atom stereocenters. The maximum absolute atomic E-state index is 12.2. The summed E-state index contributed by atoms with van der Waals surface area (Å²) in [6.07, 6.45) is 1.80. The number of carbonyl (C=O) groups excluding carboxylic acids is 1. The SMILES string of the molecule is N[C@@H](C(=O)O)[C@H]1CCCCN1C(=O)OCc1ccccc1. The molecule has 1 heterocycles. The van der Waals surface area contributed by atoms with Crippen molar-refractivity contribution in [1.82, 2.24) is 4.90 Å². The molecule has 1 amide bonds. The Bertz CT molecular complexity index is 492. The van der Waals surface area contributed by atoms with Crippen molar-refractivity contribution in [2.75, 3.05) is 6.54 Å². The van der Waals surface area contributed by atoms with Gasteiger partial charge in [0, 0.05) is 6.54 Å². The van der Waals surface area contributed by atoms with Gasteiger partial charge in [-0.05, 0) is 24.8 Å². The number of nitrogens with two attached hydrogens (primary N) is 1. The van der Waals surface area contributed by atoms with E-state index in [1.807, 2.05) is 30.3 Å². The number of nitrogens with zero attached hydrogens (tertiary/aromatic N) is 1. The van der Waals surface area contributed by atoms with Crippen molar-refractivity contribution in [3.8, 4) is 0 Å². The molecule has 0 saturated carbocycles. The van der Waals surface area contributed by atoms with Gasteiger partial charge < -0.3 is 20.5 Å². The van der Waals surface area contributed by atoms with Crippen molar-refractivity contribution in [2.45, 2.75) is 38.0 Å². The minimum absolute atomic E-state index is 0.172. The van der Waals surface area contributed by atoms with E-state index in [0.717, 1.165) is 18.4 Å². The molecule has 6 heteroatoms. The number of likely N-dealkylation sites (tertiary alicyclic amines) is 1. The molecular weight excluding hydrogens is 272 g/mol. The number of hydrogen-bond acceptors (Lipinski definition) is 4. The van der Waals surface area contributed by atoms with Crippen LogP contribution in [-0.2, 0) is 16.1 Å². The van der Waals surface area contributed by atoms with E-state index in [1.165, 1.54) is 4.90 Å². The average Bonchev–Trinajstić information content (AvgIpc) is 2.52. The Morgan fingerprint density at radius 3 is 2.71 bits per heavy atom. The van der Waals surface area contributed by atoms with E-state index in [4.69, 9.17) is 15.6 Å². The van der Waals surface area contributed by atoms with Gasteiger partial charge in [0.15, 0.2) is 0 Å². The summed E-state index contributed by atoms with van der Waals surface area (Å²) in [5, 5.41) is 9.04. The fourth-order valence-corrected chi connectivity index (χ4v) is 2.52. The Balaban J connectivity index is 1.97. The molecule has 1 aromatic rings. The number of carboxylic acid groups (broad SMARTS) is 1. The predicted molar refractivity (Wildman–Crippen MR) is 76.6 cm³/mol. The fraction of sp³-hybridized carbons (Fsp3) is 0.467. The number of rotatable bonds is 4. The minimum Gasteiger partial charge on any atom is -0.480 e. The second kappa shape index (κ2) is 7.08. The van der Waals surface area contributed by atoms with Crippen molar-refractivity contribution in [3.05, 3.63) is 35.9 Å². The van der Waals surface area contributed by atoms with Gasteiger partial charge in [0.05, 0.1) is 6.04 Å². The highest BCUT2D eigenvalue weighted by Gasteiger charge is 2.35. The first-order valence-corrected chi connectivity index (χ1v) is 7.05. The molecule has 21 heavy (non-hydrogen) atoms. The molecular formula is C15H20N2O4. The first kappa shape index (κ1) is 15.3. The molecule has 2 rings (SSSR count). The van der Waals surface area contributed by atoms with Gasteiger partial charge in [0.25, 0.3) is 0 Å². The van der Waals surface area contributed by atoms with E-state index >= 15 is 0 Å². The first-order valence-electron chi connectivity index (χ1n) is 7.05. The van der Waals surface area contributed by atoms with E-state index in [9.17, 15) is 9.59 Å². The van der Waals surface area contributed by atoms with Crippen molar-refractivity contribution >= 4 is 12.1 Å². The standard InChI is InChI=1S/C15H20N2O4/c16-13(14(18)19)12-8-4-5-9-17(12)15(20)21-10-11-6-2-1-3-7-11/h1-3,6-7,12-13H,4-5,8-10,16H2,(H,18,19)/t12-,13-/m1/s1. The molecule has 0 aliphatic carbocycles. The molecule has 1 saturated heterocycles. The summed E-state index contributed by atoms with van der Waals surface area (Å²) < 4.78 is 5.27. The highest BCUT2D eigenvalue weighted by atomic mass is 16.6. The largest absolute Gasteiger partial charge is 0.480 e. The first-order chi connectivity index (χ1) is 10.1. The van der Waals surface area contributed by atoms with E-state index in [-0.39, 0.29) is 6.61 Å². The molecule has 3 N–H and O–H groups in total. The van der Waals surface area contributed by atoms with Crippen LogP contribution in [0.25, 0.3) is 0 Å². The lowest BCUT2D eigenvalue weighted by Gasteiger charge is -2.36. The van der Waals surface area contributed by atoms with Crippen LogP contribution in [0, 0.1) is 0 Å². The van der Waals surface area contributed by atoms with Crippen LogP contribution in [0.5, 0.6) is 0 Å². The van der Waals surface area contributed by atoms with Gasteiger partial charge in [-0.15, -0.1) is 0 Å². The summed E-state index contributed by atoms with van der Waals surface area (Å²) in [5.41, 5.74) is 6.57. The zero-order valence-corrected chi connectivity index (χ0v) is 11.8. The van der Waals surface area contributed by atoms with Gasteiger partial charge >= 0.3 is 12.1 Å². The number of carbonyl (C=O) groups is 2. The maximum Gasteiger partial charge on any atom is 0.410 e. The Morgan fingerprint density at radius 1 is 1.33 bits per heavy atom. The number of ether oxygens (including phenoxy) is 1. The Hall–Kier alpha value is -2.08. The number of aliphatic carboxylic acids is 1. The zero-order valence-electron chi connectivity index (χ0n) is 11.8. The van der Waals surface area contributed by atoms with Crippen molar-refractivity contribution in [2.24, 2.45) is 5.73 Å². The summed E-state index contributed by atoms with van der Waals surface area (Å²) in [6, 6.07) is 7.78. The Labute approximate surface area is 123 Å². The van der Waals surface area contributed by atoms with Gasteiger partial charge in [-0.1, -0.05) is 30.3 Å². The third-order valence-corrected chi connectivity index (χ3v) is 3.69. The molecule has 1 aliphatic rings. The summed E-state index contributed by atoms with van der Waals surface area (Å²) in [7, 11) is 0. The summed E-state index contributed by atoms with van der Waals surface area (Å²) in [4.78, 5) is 24.7. The second-order valence-corrected chi connectivity index (χ2v) is 5.16. The topological polar surface area (TPSA) is 92.9 Å². The lowest BCUT2D eigenvalue weighted by atomic mass is 9.96. The quantitative estimate of drug-likeness (QED) is 0.879. The molecule has 0 radical (unpaired) electrons. The van der Waals surface area contributed by atoms with Crippen LogP contribution in [0.15, 0.2) is 30.3 Å². The maximum atomic E-state index is 12.2. The highest BCUT2D eigenvalue weighted by Crippen LogP contribution is 2.20. The molecule has 114 valence electrons. The van der Waals surface area contributed by atoms with Gasteiger partial charge in [-0.2, -0.15) is 0 Å². The molecule has 1 aliphatic heterocycles. The van der Waals surface area contributed by atoms with E-state index < -0.39 is 24.1 Å². The van der Waals surface area contributed by atoms with Crippen LogP contribution in [0.3, 0.4) is 0 Å². The molecule has 0 aromatic heterocycles. The van der Waals surface area contributed by atoms with Crippen LogP contribution in [0.1, 0.15) is 24.8 Å². The molecule has 0 bridgehead atoms. The van der Waals surface area contributed by atoms with Crippen molar-refractivity contribution in [1.29, 1.82) is 0 Å². The average molecular weight is 292 g/mol. The van der Waals surface area contributed by atoms with Gasteiger partial charge in [-0.25, -0.2) is 4.79 Å². The van der Waals surface area contributed by atoms with Gasteiger partial charge in [0.1, 0.15) is 12.6 Å². The molecule has 0 spiro atoms. The third-order valence-electron chi connectivity index (χ3n) is 3.69. The lowest BCUT2D eigenvalue weighted by molar-refractivity contribution is -0.140. The van der Waals surface area contributed by atoms with E-state index in [2.05, 4.69) is 0 Å². The zero-order chi connectivity index (χ0) is 15.2. The molecule has 1 fully saturated rings. The molecule has 6 nitrogen and oxygen atoms in total. The van der Waals surface area contributed by atoms with Crippen LogP contribution in [-0.4, -0.2) is 40.7 Å². The van der Waals surface area contributed by atoms with Crippen LogP contribution < -0.4 is 5.73 Å². The third kappa shape index (κ3) is 3.95. The Kier molecular flexibility index (Phi) is 5.16. The molecule has 1 aromatic carbocycles. The summed E-state index contributed by atoms with van der Waals surface area (Å²) in [5.74, 6) is -1.09. The van der Waals surface area contributed by atoms with Crippen molar-refractivity contribution in [3.63, 3.8) is 0 Å². The monoisotopic (exact) mass is 292 g/mol. The highest BCUT2D eigenvalue weighted by molar-refractivity contribution is 5.76. The number of amides is 1. The number of piperidine rings is 1. The van der Waals surface area contributed by atoms with Crippen molar-refractivity contribution < 1.29 is 19.4 Å². The summed E-state index contributed by atoms with van der Waals surface area (Å²) in [6.45, 7) is 0.657. The van der Waals surface area contributed by atoms with E-state index in [0.29, 0.717) is 13.0 Å². The van der Waals surface area contributed by atoms with Crippen LogP contribution in [0.2, 0.25) is 0 Å². The second-order valence-electron chi connectivity index (χ2n) is 5.16. The summed E-state index contributed by atoms with van der Waals surface area (Å²) >= 11 is 0. The minimum atomic E-state index is -1.09. The van der Waals surface area contributed by atoms with Crippen LogP contribution in [0.4, 0.5) is 4.79 Å². The number of hydrogen-bond donors (Lipinski definition) is 2. The Morgan fingerprint density at radius 2 is 2.05 bits per heavy atom. The van der Waals surface area contributed by atoms with Gasteiger partial charge in [-0.3, -0.25) is 4.79 Å².